The van der Waals surface area contributed by atoms with Gasteiger partial charge in [-0.05, 0) is 44.4 Å². The molecule has 0 aliphatic carbocycles. The predicted molar refractivity (Wildman–Crippen MR) is 104 cm³/mol. The van der Waals surface area contributed by atoms with Gasteiger partial charge in [-0.2, -0.15) is 4.31 Å². The first-order valence-electron chi connectivity index (χ1n) is 8.89. The largest absolute Gasteiger partial charge is 0.468 e. The van der Waals surface area contributed by atoms with E-state index >= 15 is 0 Å². The Bertz CT molecular complexity index is 844. The van der Waals surface area contributed by atoms with Crippen LogP contribution in [-0.2, 0) is 10.0 Å². The predicted octanol–water partition coefficient (Wildman–Crippen LogP) is 2.34. The summed E-state index contributed by atoms with van der Waals surface area (Å²) in [6, 6.07) is 9.65. The van der Waals surface area contributed by atoms with Crippen molar-refractivity contribution in [1.82, 2.24) is 14.5 Å². The molecular weight excluding hydrogens is 366 g/mol. The normalized spacial score (nSPS) is 13.1. The Kier molecular flexibility index (Phi) is 7.18. The number of amides is 1. The van der Waals surface area contributed by atoms with Gasteiger partial charge in [-0.1, -0.05) is 19.9 Å². The smallest absolute Gasteiger partial charge is 0.251 e. The van der Waals surface area contributed by atoms with Crippen molar-refractivity contribution in [3.8, 4) is 0 Å². The number of hydrogen-bond acceptors (Lipinski definition) is 5. The Labute approximate surface area is 161 Å². The molecule has 1 atom stereocenters. The molecule has 0 unspecified atom stereocenters. The molecule has 1 N–H and O–H groups in total. The van der Waals surface area contributed by atoms with Gasteiger partial charge in [0, 0.05) is 25.2 Å². The first kappa shape index (κ1) is 21.1. The molecule has 0 saturated heterocycles. The topological polar surface area (TPSA) is 82.9 Å². The molecule has 1 aromatic heterocycles. The van der Waals surface area contributed by atoms with E-state index in [9.17, 15) is 13.2 Å². The van der Waals surface area contributed by atoms with E-state index in [1.54, 1.807) is 38.3 Å². The monoisotopic (exact) mass is 393 g/mol. The van der Waals surface area contributed by atoms with E-state index in [0.29, 0.717) is 25.2 Å². The highest BCUT2D eigenvalue weighted by Gasteiger charge is 2.23. The molecule has 0 radical (unpaired) electrons. The SMILES string of the molecule is CCN(CC)S(=O)(=O)c1cccc(C(=O)NC[C@H](c2ccco2)N(C)C)c1. The average molecular weight is 394 g/mol. The maximum Gasteiger partial charge on any atom is 0.251 e. The highest BCUT2D eigenvalue weighted by atomic mass is 32.2. The third-order valence-corrected chi connectivity index (χ3v) is 6.44. The van der Waals surface area contributed by atoms with E-state index in [1.807, 2.05) is 25.1 Å². The Morgan fingerprint density at radius 1 is 1.15 bits per heavy atom. The summed E-state index contributed by atoms with van der Waals surface area (Å²) < 4.78 is 32.1. The van der Waals surface area contributed by atoms with Crippen LogP contribution in [0.4, 0.5) is 0 Å². The Hall–Kier alpha value is -2.16. The second kappa shape index (κ2) is 9.16. The quantitative estimate of drug-likeness (QED) is 0.707. The van der Waals surface area contributed by atoms with Gasteiger partial charge in [-0.25, -0.2) is 8.42 Å². The van der Waals surface area contributed by atoms with E-state index in [1.165, 1.54) is 16.4 Å². The van der Waals surface area contributed by atoms with Crippen LogP contribution >= 0.6 is 0 Å². The maximum atomic E-state index is 12.7. The molecule has 1 aromatic carbocycles. The van der Waals surface area contributed by atoms with Gasteiger partial charge in [-0.3, -0.25) is 9.69 Å². The molecule has 7 nitrogen and oxygen atoms in total. The molecule has 2 aromatic rings. The molecular formula is C19H27N3O4S. The van der Waals surface area contributed by atoms with Crippen LogP contribution in [0, 0.1) is 0 Å². The van der Waals surface area contributed by atoms with Crippen LogP contribution in [-0.4, -0.2) is 57.3 Å². The average Bonchev–Trinajstić information content (AvgIpc) is 3.16. The first-order valence-corrected chi connectivity index (χ1v) is 10.3. The molecule has 27 heavy (non-hydrogen) atoms. The van der Waals surface area contributed by atoms with Crippen LogP contribution in [0.25, 0.3) is 0 Å². The summed E-state index contributed by atoms with van der Waals surface area (Å²) in [5, 5.41) is 2.86. The van der Waals surface area contributed by atoms with Gasteiger partial charge in [0.1, 0.15) is 5.76 Å². The zero-order chi connectivity index (χ0) is 20.0. The summed E-state index contributed by atoms with van der Waals surface area (Å²) in [7, 11) is 0.192. The number of sulfonamides is 1. The Morgan fingerprint density at radius 2 is 1.85 bits per heavy atom. The fourth-order valence-electron chi connectivity index (χ4n) is 2.82. The molecule has 0 bridgehead atoms. The number of likely N-dealkylation sites (N-methyl/N-ethyl adjacent to an activating group) is 1. The van der Waals surface area contributed by atoms with Crippen molar-refractivity contribution in [2.75, 3.05) is 33.7 Å². The van der Waals surface area contributed by atoms with Crippen molar-refractivity contribution in [1.29, 1.82) is 0 Å². The third kappa shape index (κ3) is 4.97. The summed E-state index contributed by atoms with van der Waals surface area (Å²) in [6.07, 6.45) is 1.59. The molecule has 1 amide bonds. The summed E-state index contributed by atoms with van der Waals surface area (Å²) in [6.45, 7) is 4.67. The third-order valence-electron chi connectivity index (χ3n) is 4.39. The molecule has 8 heteroatoms. The van der Waals surface area contributed by atoms with Crippen LogP contribution in [0.15, 0.2) is 52.0 Å². The standard InChI is InChI=1S/C19H27N3O4S/c1-5-22(6-2)27(24,25)16-10-7-9-15(13-16)19(23)20-14-17(21(3)4)18-11-8-12-26-18/h7-13,17H,5-6,14H2,1-4H3,(H,20,23)/t17-/m1/s1. The fourth-order valence-corrected chi connectivity index (χ4v) is 4.32. The van der Waals surface area contributed by atoms with Crippen molar-refractivity contribution in [3.05, 3.63) is 54.0 Å². The molecule has 2 rings (SSSR count). The van der Waals surface area contributed by atoms with E-state index in [4.69, 9.17) is 4.42 Å². The van der Waals surface area contributed by atoms with Crippen LogP contribution in [0.3, 0.4) is 0 Å². The number of furan rings is 1. The lowest BCUT2D eigenvalue weighted by Crippen LogP contribution is -2.34. The van der Waals surface area contributed by atoms with Crippen LogP contribution in [0.5, 0.6) is 0 Å². The zero-order valence-corrected chi connectivity index (χ0v) is 17.0. The van der Waals surface area contributed by atoms with Crippen molar-refractivity contribution in [2.45, 2.75) is 24.8 Å². The van der Waals surface area contributed by atoms with Gasteiger partial charge in [0.05, 0.1) is 17.2 Å². The molecule has 1 heterocycles. The number of benzene rings is 1. The molecule has 0 saturated carbocycles. The van der Waals surface area contributed by atoms with Crippen LogP contribution < -0.4 is 5.32 Å². The van der Waals surface area contributed by atoms with E-state index in [2.05, 4.69) is 5.32 Å². The number of nitrogens with one attached hydrogen (secondary N) is 1. The van der Waals surface area contributed by atoms with Crippen molar-refractivity contribution in [2.24, 2.45) is 0 Å². The minimum atomic E-state index is -3.61. The minimum Gasteiger partial charge on any atom is -0.468 e. The lowest BCUT2D eigenvalue weighted by molar-refractivity contribution is 0.0939. The van der Waals surface area contributed by atoms with Gasteiger partial charge in [0.25, 0.3) is 5.91 Å². The second-order valence-corrected chi connectivity index (χ2v) is 8.26. The van der Waals surface area contributed by atoms with Gasteiger partial charge in [-0.15, -0.1) is 0 Å². The highest BCUT2D eigenvalue weighted by Crippen LogP contribution is 2.19. The number of hydrogen-bond donors (Lipinski definition) is 1. The fraction of sp³-hybridized carbons (Fsp3) is 0.421. The Balaban J connectivity index is 2.15. The molecule has 0 fully saturated rings. The number of carbonyl (C=O) groups is 1. The van der Waals surface area contributed by atoms with Gasteiger partial charge >= 0.3 is 0 Å². The highest BCUT2D eigenvalue weighted by molar-refractivity contribution is 7.89. The van der Waals surface area contributed by atoms with Gasteiger partial charge < -0.3 is 9.73 Å². The van der Waals surface area contributed by atoms with Crippen molar-refractivity contribution >= 4 is 15.9 Å². The molecule has 0 aliphatic heterocycles. The minimum absolute atomic E-state index is 0.119. The van der Waals surface area contributed by atoms with Gasteiger partial charge in [0.2, 0.25) is 10.0 Å². The number of carbonyl (C=O) groups excluding carboxylic acids is 1. The second-order valence-electron chi connectivity index (χ2n) is 6.32. The van der Waals surface area contributed by atoms with Gasteiger partial charge in [0.15, 0.2) is 0 Å². The summed E-state index contributed by atoms with van der Waals surface area (Å²) in [4.78, 5) is 14.6. The van der Waals surface area contributed by atoms with Crippen molar-refractivity contribution < 1.29 is 17.6 Å². The lowest BCUT2D eigenvalue weighted by Gasteiger charge is -2.22. The summed E-state index contributed by atoms with van der Waals surface area (Å²) in [5.41, 5.74) is 0.306. The zero-order valence-electron chi connectivity index (χ0n) is 16.2. The van der Waals surface area contributed by atoms with E-state index in [0.717, 1.165) is 5.76 Å². The first-order chi connectivity index (χ1) is 12.8. The molecule has 148 valence electrons. The molecule has 0 spiro atoms. The van der Waals surface area contributed by atoms with Crippen LogP contribution in [0.2, 0.25) is 0 Å². The molecule has 0 aliphatic rings. The maximum absolute atomic E-state index is 12.7. The van der Waals surface area contributed by atoms with Crippen molar-refractivity contribution in [3.63, 3.8) is 0 Å². The Morgan fingerprint density at radius 3 is 2.41 bits per heavy atom. The summed E-state index contributed by atoms with van der Waals surface area (Å²) >= 11 is 0. The van der Waals surface area contributed by atoms with Crippen LogP contribution in [0.1, 0.15) is 36.0 Å². The summed E-state index contributed by atoms with van der Waals surface area (Å²) in [5.74, 6) is 0.420. The van der Waals surface area contributed by atoms with E-state index < -0.39 is 10.0 Å². The number of nitrogens with zero attached hydrogens (tertiary/aromatic N) is 2. The van der Waals surface area contributed by atoms with E-state index in [-0.39, 0.29) is 16.8 Å². The lowest BCUT2D eigenvalue weighted by atomic mass is 10.2. The number of rotatable bonds is 9.